The molecule has 0 aromatic carbocycles. The van der Waals surface area contributed by atoms with Crippen LogP contribution in [0.5, 0.6) is 0 Å². The van der Waals surface area contributed by atoms with Crippen LogP contribution in [0.2, 0.25) is 0 Å². The van der Waals surface area contributed by atoms with Crippen molar-refractivity contribution in [3.63, 3.8) is 0 Å². The van der Waals surface area contributed by atoms with Gasteiger partial charge in [-0.05, 0) is 13.3 Å². The molecule has 0 spiro atoms. The summed E-state index contributed by atoms with van der Waals surface area (Å²) in [7, 11) is 0. The summed E-state index contributed by atoms with van der Waals surface area (Å²) in [6, 6.07) is 0. The first-order valence-electron chi connectivity index (χ1n) is 5.15. The van der Waals surface area contributed by atoms with Crippen LogP contribution in [-0.4, -0.2) is 35.9 Å². The standard InChI is InChI=1S/C9H14N2O5/c1-2-15-9(12)8-6-7(16-10-8)4-3-5-11(13)14/h7H,2-6H2,1H3. The average Bonchev–Trinajstić information content (AvgIpc) is 2.66. The number of carbonyl (C=O) groups is 1. The van der Waals surface area contributed by atoms with Gasteiger partial charge in [0, 0.05) is 17.8 Å². The molecule has 0 N–H and O–H groups in total. The van der Waals surface area contributed by atoms with Gasteiger partial charge in [0.15, 0.2) is 5.71 Å². The number of hydrogen-bond donors (Lipinski definition) is 0. The molecule has 1 atom stereocenters. The van der Waals surface area contributed by atoms with Crippen molar-refractivity contribution in [2.75, 3.05) is 13.2 Å². The zero-order valence-electron chi connectivity index (χ0n) is 9.05. The molecule has 1 aliphatic heterocycles. The molecular weight excluding hydrogens is 216 g/mol. The SMILES string of the molecule is CCOC(=O)C1=NOC(CCC[N+](=O)[O-])C1. The van der Waals surface area contributed by atoms with Crippen molar-refractivity contribution in [2.24, 2.45) is 5.16 Å². The fourth-order valence-electron chi connectivity index (χ4n) is 1.37. The smallest absolute Gasteiger partial charge is 0.356 e. The molecule has 1 unspecified atom stereocenters. The van der Waals surface area contributed by atoms with Crippen molar-refractivity contribution in [1.82, 2.24) is 0 Å². The second-order valence-electron chi connectivity index (χ2n) is 3.39. The Hall–Kier alpha value is -1.66. The van der Waals surface area contributed by atoms with E-state index in [4.69, 9.17) is 9.57 Å². The minimum atomic E-state index is -0.473. The molecule has 0 amide bonds. The molecule has 7 nitrogen and oxygen atoms in total. The summed E-state index contributed by atoms with van der Waals surface area (Å²) in [4.78, 5) is 25.9. The first-order chi connectivity index (χ1) is 7.63. The molecule has 0 aliphatic carbocycles. The molecule has 1 aliphatic rings. The highest BCUT2D eigenvalue weighted by Gasteiger charge is 2.26. The Morgan fingerprint density at radius 2 is 2.50 bits per heavy atom. The van der Waals surface area contributed by atoms with Gasteiger partial charge in [0.1, 0.15) is 6.10 Å². The van der Waals surface area contributed by atoms with Crippen molar-refractivity contribution in [3.8, 4) is 0 Å². The van der Waals surface area contributed by atoms with Gasteiger partial charge in [0.25, 0.3) is 0 Å². The number of hydrogen-bond acceptors (Lipinski definition) is 6. The molecule has 0 aromatic heterocycles. The van der Waals surface area contributed by atoms with Crippen LogP contribution in [0, 0.1) is 10.1 Å². The van der Waals surface area contributed by atoms with Crippen LogP contribution in [0.25, 0.3) is 0 Å². The Kier molecular flexibility index (Phi) is 4.68. The number of carbonyl (C=O) groups excluding carboxylic acids is 1. The number of rotatable bonds is 6. The van der Waals surface area contributed by atoms with Crippen molar-refractivity contribution < 1.29 is 19.3 Å². The minimum absolute atomic E-state index is 0.0887. The Morgan fingerprint density at radius 3 is 3.12 bits per heavy atom. The number of nitro groups is 1. The molecule has 1 heterocycles. The average molecular weight is 230 g/mol. The Labute approximate surface area is 92.5 Å². The third-order valence-corrected chi connectivity index (χ3v) is 2.11. The van der Waals surface area contributed by atoms with Crippen LogP contribution in [0.15, 0.2) is 5.16 Å². The van der Waals surface area contributed by atoms with Gasteiger partial charge in [-0.3, -0.25) is 10.1 Å². The Balaban J connectivity index is 2.23. The van der Waals surface area contributed by atoms with E-state index in [9.17, 15) is 14.9 Å². The molecular formula is C9H14N2O5. The quantitative estimate of drug-likeness (QED) is 0.381. The second kappa shape index (κ2) is 6.04. The highest BCUT2D eigenvalue weighted by molar-refractivity contribution is 6.36. The van der Waals surface area contributed by atoms with Crippen LogP contribution >= 0.6 is 0 Å². The molecule has 0 saturated carbocycles. The topological polar surface area (TPSA) is 91.0 Å². The minimum Gasteiger partial charge on any atom is -0.461 e. The highest BCUT2D eigenvalue weighted by atomic mass is 16.6. The van der Waals surface area contributed by atoms with Crippen molar-refractivity contribution in [2.45, 2.75) is 32.3 Å². The summed E-state index contributed by atoms with van der Waals surface area (Å²) in [6.07, 6.45) is 1.08. The normalized spacial score (nSPS) is 18.8. The number of ether oxygens (including phenoxy) is 1. The lowest BCUT2D eigenvalue weighted by Crippen LogP contribution is -2.18. The van der Waals surface area contributed by atoms with Crippen LogP contribution in [0.3, 0.4) is 0 Å². The summed E-state index contributed by atoms with van der Waals surface area (Å²) in [5.41, 5.74) is 0.257. The maximum absolute atomic E-state index is 11.2. The molecule has 0 saturated heterocycles. The summed E-state index contributed by atoms with van der Waals surface area (Å²) in [6.45, 7) is 1.92. The fourth-order valence-corrected chi connectivity index (χ4v) is 1.37. The van der Waals surface area contributed by atoms with E-state index in [0.29, 0.717) is 25.9 Å². The predicted molar refractivity (Wildman–Crippen MR) is 54.7 cm³/mol. The largest absolute Gasteiger partial charge is 0.461 e. The van der Waals surface area contributed by atoms with E-state index in [0.717, 1.165) is 0 Å². The lowest BCUT2D eigenvalue weighted by atomic mass is 10.1. The molecule has 1 rings (SSSR count). The molecule has 90 valence electrons. The Morgan fingerprint density at radius 1 is 1.75 bits per heavy atom. The molecule has 7 heteroatoms. The maximum Gasteiger partial charge on any atom is 0.356 e. The predicted octanol–water partition coefficient (Wildman–Crippen LogP) is 0.751. The zero-order valence-corrected chi connectivity index (χ0v) is 9.05. The van der Waals surface area contributed by atoms with Gasteiger partial charge < -0.3 is 9.57 Å². The van der Waals surface area contributed by atoms with Gasteiger partial charge in [-0.15, -0.1) is 0 Å². The first-order valence-corrected chi connectivity index (χ1v) is 5.15. The fraction of sp³-hybridized carbons (Fsp3) is 0.778. The lowest BCUT2D eigenvalue weighted by molar-refractivity contribution is -0.480. The zero-order chi connectivity index (χ0) is 12.0. The number of esters is 1. The first kappa shape index (κ1) is 12.4. The molecule has 0 bridgehead atoms. The third kappa shape index (κ3) is 3.84. The highest BCUT2D eigenvalue weighted by Crippen LogP contribution is 2.16. The molecule has 0 fully saturated rings. The summed E-state index contributed by atoms with van der Waals surface area (Å²) in [5.74, 6) is -0.473. The monoisotopic (exact) mass is 230 g/mol. The van der Waals surface area contributed by atoms with Gasteiger partial charge in [-0.1, -0.05) is 5.16 Å². The van der Waals surface area contributed by atoms with Gasteiger partial charge >= 0.3 is 5.97 Å². The van der Waals surface area contributed by atoms with E-state index in [2.05, 4.69) is 5.16 Å². The molecule has 16 heavy (non-hydrogen) atoms. The maximum atomic E-state index is 11.2. The van der Waals surface area contributed by atoms with Gasteiger partial charge in [-0.25, -0.2) is 4.79 Å². The lowest BCUT2D eigenvalue weighted by Gasteiger charge is -2.04. The van der Waals surface area contributed by atoms with Crippen molar-refractivity contribution >= 4 is 11.7 Å². The third-order valence-electron chi connectivity index (χ3n) is 2.11. The second-order valence-corrected chi connectivity index (χ2v) is 3.39. The molecule has 0 aromatic rings. The van der Waals surface area contributed by atoms with Gasteiger partial charge in [0.05, 0.1) is 6.61 Å². The van der Waals surface area contributed by atoms with E-state index in [1.165, 1.54) is 0 Å². The van der Waals surface area contributed by atoms with Crippen LogP contribution in [-0.2, 0) is 14.4 Å². The van der Waals surface area contributed by atoms with E-state index in [-0.39, 0.29) is 23.3 Å². The van der Waals surface area contributed by atoms with E-state index in [1.807, 2.05) is 0 Å². The molecule has 0 radical (unpaired) electrons. The van der Waals surface area contributed by atoms with E-state index < -0.39 is 5.97 Å². The van der Waals surface area contributed by atoms with Crippen LogP contribution in [0.1, 0.15) is 26.2 Å². The van der Waals surface area contributed by atoms with Crippen molar-refractivity contribution in [3.05, 3.63) is 10.1 Å². The summed E-state index contributed by atoms with van der Waals surface area (Å²) < 4.78 is 4.76. The summed E-state index contributed by atoms with van der Waals surface area (Å²) >= 11 is 0. The van der Waals surface area contributed by atoms with Crippen LogP contribution < -0.4 is 0 Å². The van der Waals surface area contributed by atoms with E-state index in [1.54, 1.807) is 6.92 Å². The number of nitrogens with zero attached hydrogens (tertiary/aromatic N) is 2. The van der Waals surface area contributed by atoms with Crippen LogP contribution in [0.4, 0.5) is 0 Å². The number of oxime groups is 1. The Bertz CT molecular complexity index is 302. The van der Waals surface area contributed by atoms with Crippen molar-refractivity contribution in [1.29, 1.82) is 0 Å². The summed E-state index contributed by atoms with van der Waals surface area (Å²) in [5, 5.41) is 13.7. The van der Waals surface area contributed by atoms with E-state index >= 15 is 0 Å². The van der Waals surface area contributed by atoms with Gasteiger partial charge in [0.2, 0.25) is 6.54 Å². The van der Waals surface area contributed by atoms with Gasteiger partial charge in [-0.2, -0.15) is 0 Å².